The van der Waals surface area contributed by atoms with Gasteiger partial charge in [-0.15, -0.1) is 0 Å². The van der Waals surface area contributed by atoms with Crippen LogP contribution < -0.4 is 10.7 Å². The number of hydrogen-bond acceptors (Lipinski definition) is 4. The minimum atomic E-state index is -0.289. The molecule has 0 aliphatic carbocycles. The SMILES string of the molecule is CCc1cc(/C(C#N)=C2/C(=O)N(c3ccccc3)N=C2C)cc(CC)c1N. The number of rotatable bonds is 4. The van der Waals surface area contributed by atoms with E-state index in [-0.39, 0.29) is 5.91 Å². The van der Waals surface area contributed by atoms with Gasteiger partial charge in [0.1, 0.15) is 6.07 Å². The Kier molecular flexibility index (Phi) is 5.09. The van der Waals surface area contributed by atoms with Crippen LogP contribution in [0.25, 0.3) is 5.57 Å². The highest BCUT2D eigenvalue weighted by molar-refractivity contribution is 6.34. The van der Waals surface area contributed by atoms with E-state index in [2.05, 4.69) is 11.2 Å². The Labute approximate surface area is 159 Å². The normalized spacial score (nSPS) is 15.6. The van der Waals surface area contributed by atoms with E-state index in [0.717, 1.165) is 29.7 Å². The van der Waals surface area contributed by atoms with Gasteiger partial charge in [-0.05, 0) is 60.7 Å². The summed E-state index contributed by atoms with van der Waals surface area (Å²) in [6.45, 7) is 5.81. The quantitative estimate of drug-likeness (QED) is 0.507. The van der Waals surface area contributed by atoms with Crippen molar-refractivity contribution in [1.82, 2.24) is 0 Å². The monoisotopic (exact) mass is 358 g/mol. The van der Waals surface area contributed by atoms with Crippen LogP contribution in [0.1, 0.15) is 37.5 Å². The summed E-state index contributed by atoms with van der Waals surface area (Å²) in [5.74, 6) is -0.289. The van der Waals surface area contributed by atoms with Gasteiger partial charge in [0, 0.05) is 5.69 Å². The Morgan fingerprint density at radius 1 is 1.15 bits per heavy atom. The van der Waals surface area contributed by atoms with Crippen LogP contribution in [0.5, 0.6) is 0 Å². The van der Waals surface area contributed by atoms with Gasteiger partial charge in [-0.1, -0.05) is 32.0 Å². The third-order valence-corrected chi connectivity index (χ3v) is 4.78. The van der Waals surface area contributed by atoms with Gasteiger partial charge >= 0.3 is 0 Å². The zero-order valence-corrected chi connectivity index (χ0v) is 15.8. The van der Waals surface area contributed by atoms with Crippen LogP contribution in [-0.4, -0.2) is 11.6 Å². The van der Waals surface area contributed by atoms with E-state index in [4.69, 9.17) is 5.73 Å². The largest absolute Gasteiger partial charge is 0.398 e. The van der Waals surface area contributed by atoms with Crippen molar-refractivity contribution in [2.24, 2.45) is 5.10 Å². The molecule has 2 N–H and O–H groups in total. The molecule has 2 aromatic carbocycles. The molecule has 3 rings (SSSR count). The molecule has 0 atom stereocenters. The number of anilines is 2. The van der Waals surface area contributed by atoms with Crippen LogP contribution in [0.4, 0.5) is 11.4 Å². The van der Waals surface area contributed by atoms with Crippen molar-refractivity contribution in [2.45, 2.75) is 33.6 Å². The molecule has 27 heavy (non-hydrogen) atoms. The van der Waals surface area contributed by atoms with Gasteiger partial charge in [-0.2, -0.15) is 15.4 Å². The molecule has 1 amide bonds. The topological polar surface area (TPSA) is 82.5 Å². The van der Waals surface area contributed by atoms with Gasteiger partial charge in [-0.25, -0.2) is 0 Å². The number of hydrazone groups is 1. The van der Waals surface area contributed by atoms with Crippen molar-refractivity contribution in [3.63, 3.8) is 0 Å². The number of nitrogens with zero attached hydrogens (tertiary/aromatic N) is 3. The Morgan fingerprint density at radius 3 is 2.26 bits per heavy atom. The number of allylic oxidation sites excluding steroid dienone is 1. The van der Waals surface area contributed by atoms with Gasteiger partial charge in [0.05, 0.1) is 22.5 Å². The second-order valence-corrected chi connectivity index (χ2v) is 6.41. The number of carbonyl (C=O) groups is 1. The van der Waals surface area contributed by atoms with E-state index in [0.29, 0.717) is 28.1 Å². The maximum absolute atomic E-state index is 13.0. The number of benzene rings is 2. The van der Waals surface area contributed by atoms with E-state index in [1.807, 2.05) is 56.3 Å². The first-order valence-corrected chi connectivity index (χ1v) is 9.02. The zero-order valence-electron chi connectivity index (χ0n) is 15.8. The first-order valence-electron chi connectivity index (χ1n) is 9.02. The lowest BCUT2D eigenvalue weighted by Crippen LogP contribution is -2.22. The molecule has 1 heterocycles. The Hall–Kier alpha value is -3.39. The van der Waals surface area contributed by atoms with Crippen LogP contribution in [0.2, 0.25) is 0 Å². The summed E-state index contributed by atoms with van der Waals surface area (Å²) in [4.78, 5) is 13.0. The predicted octanol–water partition coefficient (Wildman–Crippen LogP) is 4.09. The second-order valence-electron chi connectivity index (χ2n) is 6.41. The molecular weight excluding hydrogens is 336 g/mol. The number of hydrogen-bond donors (Lipinski definition) is 1. The summed E-state index contributed by atoms with van der Waals surface area (Å²) >= 11 is 0. The van der Waals surface area contributed by atoms with E-state index in [1.165, 1.54) is 5.01 Å². The lowest BCUT2D eigenvalue weighted by atomic mass is 9.92. The van der Waals surface area contributed by atoms with Crippen molar-refractivity contribution in [3.8, 4) is 6.07 Å². The van der Waals surface area contributed by atoms with Crippen molar-refractivity contribution in [3.05, 3.63) is 64.7 Å². The van der Waals surface area contributed by atoms with Crippen LogP contribution in [0.15, 0.2) is 53.1 Å². The number of para-hydroxylation sites is 1. The Bertz CT molecular complexity index is 972. The lowest BCUT2D eigenvalue weighted by Gasteiger charge is -2.14. The first kappa shape index (κ1) is 18.4. The summed E-state index contributed by atoms with van der Waals surface area (Å²) in [7, 11) is 0. The number of carbonyl (C=O) groups excluding carboxylic acids is 1. The lowest BCUT2D eigenvalue weighted by molar-refractivity contribution is -0.114. The number of amides is 1. The average Bonchev–Trinajstić information content (AvgIpc) is 2.99. The highest BCUT2D eigenvalue weighted by Gasteiger charge is 2.32. The molecular formula is C22H22N4O. The van der Waals surface area contributed by atoms with Gasteiger partial charge in [-0.3, -0.25) is 4.79 Å². The van der Waals surface area contributed by atoms with Gasteiger partial charge in [0.15, 0.2) is 0 Å². The van der Waals surface area contributed by atoms with Crippen molar-refractivity contribution < 1.29 is 4.79 Å². The fourth-order valence-electron chi connectivity index (χ4n) is 3.31. The smallest absolute Gasteiger partial charge is 0.281 e. The van der Waals surface area contributed by atoms with E-state index in [9.17, 15) is 10.1 Å². The Balaban J connectivity index is 2.15. The summed E-state index contributed by atoms with van der Waals surface area (Å²) in [5, 5.41) is 15.6. The minimum Gasteiger partial charge on any atom is -0.398 e. The zero-order chi connectivity index (χ0) is 19.6. The number of aryl methyl sites for hydroxylation is 2. The molecule has 5 nitrogen and oxygen atoms in total. The molecule has 0 unspecified atom stereocenters. The van der Waals surface area contributed by atoms with Crippen LogP contribution >= 0.6 is 0 Å². The number of nitriles is 1. The summed E-state index contributed by atoms with van der Waals surface area (Å²) in [6, 6.07) is 15.3. The maximum atomic E-state index is 13.0. The highest BCUT2D eigenvalue weighted by atomic mass is 16.2. The van der Waals surface area contributed by atoms with E-state index < -0.39 is 0 Å². The molecule has 2 aromatic rings. The minimum absolute atomic E-state index is 0.289. The summed E-state index contributed by atoms with van der Waals surface area (Å²) in [6.07, 6.45) is 1.52. The van der Waals surface area contributed by atoms with E-state index in [1.54, 1.807) is 6.92 Å². The number of nitrogens with two attached hydrogens (primary N) is 1. The first-order chi connectivity index (χ1) is 13.0. The molecule has 5 heteroatoms. The van der Waals surface area contributed by atoms with Crippen molar-refractivity contribution in [1.29, 1.82) is 5.26 Å². The van der Waals surface area contributed by atoms with Crippen LogP contribution in [0, 0.1) is 11.3 Å². The fraction of sp³-hybridized carbons (Fsp3) is 0.227. The third kappa shape index (κ3) is 3.22. The second kappa shape index (κ2) is 7.46. The molecule has 0 saturated heterocycles. The predicted molar refractivity (Wildman–Crippen MR) is 109 cm³/mol. The Morgan fingerprint density at radius 2 is 1.74 bits per heavy atom. The third-order valence-electron chi connectivity index (χ3n) is 4.78. The molecule has 0 fully saturated rings. The van der Waals surface area contributed by atoms with E-state index >= 15 is 0 Å². The molecule has 1 aliphatic heterocycles. The molecule has 0 aromatic heterocycles. The van der Waals surface area contributed by atoms with Crippen LogP contribution in [-0.2, 0) is 17.6 Å². The highest BCUT2D eigenvalue weighted by Crippen LogP contribution is 2.31. The number of nitrogen functional groups attached to an aromatic ring is 1. The molecule has 1 aliphatic rings. The molecule has 0 radical (unpaired) electrons. The maximum Gasteiger partial charge on any atom is 0.281 e. The molecule has 0 bridgehead atoms. The van der Waals surface area contributed by atoms with Gasteiger partial charge in [0.2, 0.25) is 0 Å². The standard InChI is InChI=1S/C22H22N4O/c1-4-15-11-17(12-16(5-2)21(15)24)19(13-23)20-14(3)25-26(22(20)27)18-9-7-6-8-10-18/h6-12H,4-5,24H2,1-3H3/b20-19+. The van der Waals surface area contributed by atoms with Crippen molar-refractivity contribution >= 4 is 28.6 Å². The van der Waals surface area contributed by atoms with Gasteiger partial charge in [0.25, 0.3) is 5.91 Å². The molecule has 0 spiro atoms. The van der Waals surface area contributed by atoms with Crippen molar-refractivity contribution in [2.75, 3.05) is 10.7 Å². The summed E-state index contributed by atoms with van der Waals surface area (Å²) in [5.41, 5.74) is 11.6. The fourth-order valence-corrected chi connectivity index (χ4v) is 3.31. The average molecular weight is 358 g/mol. The molecule has 0 saturated carbocycles. The summed E-state index contributed by atoms with van der Waals surface area (Å²) < 4.78 is 0. The van der Waals surface area contributed by atoms with Gasteiger partial charge < -0.3 is 5.73 Å². The molecule has 136 valence electrons. The van der Waals surface area contributed by atoms with Crippen LogP contribution in [0.3, 0.4) is 0 Å².